The smallest absolute Gasteiger partial charge is 0.336 e. The maximum Gasteiger partial charge on any atom is 0.336 e. The van der Waals surface area contributed by atoms with Gasteiger partial charge in [-0.15, -0.1) is 0 Å². The monoisotopic (exact) mass is 400 g/mol. The minimum Gasteiger partial charge on any atom is -0.497 e. The number of benzene rings is 2. The molecule has 0 atom stereocenters. The highest BCUT2D eigenvalue weighted by Gasteiger charge is 2.20. The maximum atomic E-state index is 12.9. The second-order valence-corrected chi connectivity index (χ2v) is 7.58. The topological polar surface area (TPSA) is 134 Å². The lowest BCUT2D eigenvalue weighted by Gasteiger charge is -2.12. The zero-order valence-corrected chi connectivity index (χ0v) is 15.9. The van der Waals surface area contributed by atoms with Crippen LogP contribution in [-0.4, -0.2) is 15.5 Å². The first-order chi connectivity index (χ1) is 13.3. The van der Waals surface area contributed by atoms with Crippen molar-refractivity contribution in [2.45, 2.75) is 18.4 Å². The molecular formula is C18H16N4O5S. The number of aryl methyl sites for hydroxylation is 1. The van der Waals surface area contributed by atoms with Crippen molar-refractivity contribution < 1.29 is 17.6 Å². The molecule has 0 aliphatic rings. The molecule has 0 unspecified atom stereocenters. The van der Waals surface area contributed by atoms with E-state index in [0.29, 0.717) is 28.0 Å². The molecule has 144 valence electrons. The average molecular weight is 400 g/mol. The van der Waals surface area contributed by atoms with Gasteiger partial charge in [0.1, 0.15) is 11.3 Å². The second kappa shape index (κ2) is 7.63. The van der Waals surface area contributed by atoms with Gasteiger partial charge in [-0.1, -0.05) is 5.11 Å². The quantitative estimate of drug-likeness (QED) is 0.291. The normalized spacial score (nSPS) is 11.1. The molecule has 0 saturated carbocycles. The molecule has 0 amide bonds. The van der Waals surface area contributed by atoms with Crippen molar-refractivity contribution in [3.8, 4) is 5.75 Å². The Morgan fingerprint density at radius 3 is 2.57 bits per heavy atom. The fourth-order valence-corrected chi connectivity index (χ4v) is 4.06. The fraction of sp³-hybridized carbons (Fsp3) is 0.167. The van der Waals surface area contributed by atoms with Crippen molar-refractivity contribution in [1.82, 2.24) is 0 Å². The van der Waals surface area contributed by atoms with Crippen molar-refractivity contribution >= 4 is 26.7 Å². The molecular weight excluding hydrogens is 384 g/mol. The summed E-state index contributed by atoms with van der Waals surface area (Å²) in [5, 5.41) is 3.84. The SMILES string of the molecule is COc1ccc(NS(=O)(=O)c2cc3c(CN=[N+]=[N-])cc(=O)oc3cc2C)cc1. The van der Waals surface area contributed by atoms with Crippen LogP contribution in [0.3, 0.4) is 0 Å². The molecule has 10 heteroatoms. The summed E-state index contributed by atoms with van der Waals surface area (Å²) in [6, 6.07) is 10.5. The number of nitrogens with one attached hydrogen (secondary N) is 1. The third-order valence-corrected chi connectivity index (χ3v) is 5.59. The van der Waals surface area contributed by atoms with Gasteiger partial charge < -0.3 is 9.15 Å². The Balaban J connectivity index is 2.09. The van der Waals surface area contributed by atoms with Crippen LogP contribution in [0.1, 0.15) is 11.1 Å². The molecule has 1 heterocycles. The van der Waals surface area contributed by atoms with Crippen LogP contribution in [0.5, 0.6) is 5.75 Å². The van der Waals surface area contributed by atoms with E-state index < -0.39 is 15.6 Å². The number of azide groups is 1. The predicted octanol–water partition coefficient (Wildman–Crippen LogP) is 3.72. The lowest BCUT2D eigenvalue weighted by Crippen LogP contribution is -2.14. The molecule has 0 radical (unpaired) electrons. The Morgan fingerprint density at radius 1 is 1.21 bits per heavy atom. The fourth-order valence-electron chi connectivity index (χ4n) is 2.75. The molecule has 0 spiro atoms. The highest BCUT2D eigenvalue weighted by atomic mass is 32.2. The van der Waals surface area contributed by atoms with E-state index in [4.69, 9.17) is 14.7 Å². The summed E-state index contributed by atoms with van der Waals surface area (Å²) in [7, 11) is -2.40. The van der Waals surface area contributed by atoms with Crippen LogP contribution in [0.4, 0.5) is 5.69 Å². The van der Waals surface area contributed by atoms with Crippen LogP contribution < -0.4 is 15.1 Å². The highest BCUT2D eigenvalue weighted by Crippen LogP contribution is 2.27. The van der Waals surface area contributed by atoms with E-state index >= 15 is 0 Å². The van der Waals surface area contributed by atoms with Crippen LogP contribution in [0.15, 0.2) is 61.7 Å². The van der Waals surface area contributed by atoms with Gasteiger partial charge in [-0.25, -0.2) is 13.2 Å². The van der Waals surface area contributed by atoms with Crippen LogP contribution in [0.2, 0.25) is 0 Å². The van der Waals surface area contributed by atoms with Crippen LogP contribution in [0.25, 0.3) is 21.4 Å². The van der Waals surface area contributed by atoms with Crippen molar-refractivity contribution in [2.75, 3.05) is 11.8 Å². The third kappa shape index (κ3) is 3.93. The van der Waals surface area contributed by atoms with Gasteiger partial charge in [0.15, 0.2) is 0 Å². The zero-order chi connectivity index (χ0) is 20.3. The number of hydrogen-bond acceptors (Lipinski definition) is 6. The molecule has 0 aliphatic carbocycles. The van der Waals surface area contributed by atoms with Crippen LogP contribution in [-0.2, 0) is 16.6 Å². The van der Waals surface area contributed by atoms with E-state index in [9.17, 15) is 13.2 Å². The van der Waals surface area contributed by atoms with E-state index in [0.717, 1.165) is 0 Å². The molecule has 1 N–H and O–H groups in total. The molecule has 2 aromatic carbocycles. The molecule has 3 rings (SSSR count). The first-order valence-corrected chi connectivity index (χ1v) is 9.57. The minimum absolute atomic E-state index is 0.0202. The summed E-state index contributed by atoms with van der Waals surface area (Å²) >= 11 is 0. The molecule has 0 bridgehead atoms. The Morgan fingerprint density at radius 2 is 1.93 bits per heavy atom. The van der Waals surface area contributed by atoms with Gasteiger partial charge in [0.2, 0.25) is 0 Å². The number of sulfonamides is 1. The largest absolute Gasteiger partial charge is 0.497 e. The molecule has 0 saturated heterocycles. The van der Waals surface area contributed by atoms with Crippen molar-refractivity contribution in [3.05, 3.63) is 74.5 Å². The zero-order valence-electron chi connectivity index (χ0n) is 15.0. The third-order valence-electron chi connectivity index (χ3n) is 4.06. The Hall–Kier alpha value is -3.49. The van der Waals surface area contributed by atoms with Crippen molar-refractivity contribution in [1.29, 1.82) is 0 Å². The summed E-state index contributed by atoms with van der Waals surface area (Å²) in [4.78, 5) is 14.4. The summed E-state index contributed by atoms with van der Waals surface area (Å²) in [6.45, 7) is 1.50. The Labute approximate surface area is 160 Å². The standard InChI is InChI=1S/C18H16N4O5S/c1-11-7-16-15(12(10-20-22-19)8-18(23)27-16)9-17(11)28(24,25)21-13-3-5-14(26-2)6-4-13/h3-9,21H,10H2,1-2H3. The van der Waals surface area contributed by atoms with Gasteiger partial charge in [-0.05, 0) is 60.0 Å². The summed E-state index contributed by atoms with van der Waals surface area (Å²) in [6.07, 6.45) is 0. The number of fused-ring (bicyclic) bond motifs is 1. The highest BCUT2D eigenvalue weighted by molar-refractivity contribution is 7.92. The number of ether oxygens (including phenoxy) is 1. The molecule has 0 fully saturated rings. The Bertz CT molecular complexity index is 1240. The lowest BCUT2D eigenvalue weighted by molar-refractivity contribution is 0.415. The van der Waals surface area contributed by atoms with Crippen molar-refractivity contribution in [3.63, 3.8) is 0 Å². The number of methoxy groups -OCH3 is 1. The van der Waals surface area contributed by atoms with Gasteiger partial charge in [0, 0.05) is 22.1 Å². The van der Waals surface area contributed by atoms with E-state index in [1.165, 1.54) is 25.3 Å². The van der Waals surface area contributed by atoms with E-state index in [2.05, 4.69) is 14.7 Å². The van der Waals surface area contributed by atoms with Gasteiger partial charge in [0.05, 0.1) is 18.6 Å². The van der Waals surface area contributed by atoms with E-state index in [-0.39, 0.29) is 17.0 Å². The van der Waals surface area contributed by atoms with Crippen LogP contribution >= 0.6 is 0 Å². The van der Waals surface area contributed by atoms with Gasteiger partial charge >= 0.3 is 5.63 Å². The molecule has 9 nitrogen and oxygen atoms in total. The number of nitrogens with zero attached hydrogens (tertiary/aromatic N) is 3. The van der Waals surface area contributed by atoms with Gasteiger partial charge in [-0.2, -0.15) is 0 Å². The first kappa shape index (κ1) is 19.3. The van der Waals surface area contributed by atoms with Gasteiger partial charge in [0.25, 0.3) is 10.0 Å². The minimum atomic E-state index is -3.92. The van der Waals surface area contributed by atoms with Crippen molar-refractivity contribution in [2.24, 2.45) is 5.11 Å². The molecule has 1 aromatic heterocycles. The van der Waals surface area contributed by atoms with E-state index in [1.807, 2.05) is 0 Å². The lowest BCUT2D eigenvalue weighted by atomic mass is 10.1. The first-order valence-electron chi connectivity index (χ1n) is 8.09. The predicted molar refractivity (Wildman–Crippen MR) is 104 cm³/mol. The molecule has 28 heavy (non-hydrogen) atoms. The number of rotatable bonds is 6. The van der Waals surface area contributed by atoms with E-state index in [1.54, 1.807) is 31.2 Å². The maximum absolute atomic E-state index is 12.9. The summed E-state index contributed by atoms with van der Waals surface area (Å²) in [5.74, 6) is 0.600. The summed E-state index contributed by atoms with van der Waals surface area (Å²) < 4.78 is 38.5. The van der Waals surface area contributed by atoms with Gasteiger partial charge in [-0.3, -0.25) is 4.72 Å². The second-order valence-electron chi connectivity index (χ2n) is 5.93. The van der Waals surface area contributed by atoms with Crippen LogP contribution in [0, 0.1) is 6.92 Å². The Kier molecular flexibility index (Phi) is 5.25. The number of anilines is 1. The number of hydrogen-bond donors (Lipinski definition) is 1. The summed E-state index contributed by atoms with van der Waals surface area (Å²) in [5.41, 5.74) is 9.30. The average Bonchev–Trinajstić information content (AvgIpc) is 2.65. The molecule has 3 aromatic rings. The molecule has 0 aliphatic heterocycles.